The van der Waals surface area contributed by atoms with Gasteiger partial charge in [-0.3, -0.25) is 0 Å². The molecule has 0 spiro atoms. The van der Waals surface area contributed by atoms with Crippen LogP contribution in [0.25, 0.3) is 0 Å². The van der Waals surface area contributed by atoms with Gasteiger partial charge in [-0.2, -0.15) is 0 Å². The van der Waals surface area contributed by atoms with Crippen molar-refractivity contribution in [3.05, 3.63) is 45.4 Å². The van der Waals surface area contributed by atoms with E-state index in [2.05, 4.69) is 36.3 Å². The number of hydrogen-bond donors (Lipinski definition) is 1. The Bertz CT molecular complexity index is 531. The van der Waals surface area contributed by atoms with Crippen LogP contribution >= 0.6 is 11.3 Å². The molecule has 19 heavy (non-hydrogen) atoms. The van der Waals surface area contributed by atoms with Gasteiger partial charge in [0.25, 0.3) is 0 Å². The number of nitrogens with one attached hydrogen (secondary N) is 1. The molecule has 0 bridgehead atoms. The Labute approximate surface area is 118 Å². The van der Waals surface area contributed by atoms with Crippen LogP contribution in [0, 0.1) is 13.8 Å². The van der Waals surface area contributed by atoms with Crippen molar-refractivity contribution in [3.63, 3.8) is 0 Å². The Morgan fingerprint density at radius 2 is 2.16 bits per heavy atom. The quantitative estimate of drug-likeness (QED) is 0.905. The van der Waals surface area contributed by atoms with Crippen molar-refractivity contribution >= 4 is 11.3 Å². The molecule has 1 atom stereocenters. The van der Waals surface area contributed by atoms with Crippen LogP contribution in [0.5, 0.6) is 5.75 Å². The average Bonchev–Trinajstić information content (AvgIpc) is 2.75. The smallest absolute Gasteiger partial charge is 0.140 e. The highest BCUT2D eigenvalue weighted by Crippen LogP contribution is 2.22. The molecule has 0 fully saturated rings. The van der Waals surface area contributed by atoms with E-state index in [1.165, 1.54) is 10.4 Å². The number of benzene rings is 1. The minimum atomic E-state index is 0.327. The molecule has 0 saturated carbocycles. The molecule has 0 aliphatic carbocycles. The van der Waals surface area contributed by atoms with Gasteiger partial charge in [0, 0.05) is 10.9 Å². The third-order valence-corrected chi connectivity index (χ3v) is 4.27. The monoisotopic (exact) mass is 276 g/mol. The summed E-state index contributed by atoms with van der Waals surface area (Å²) in [6.07, 6.45) is 0. The second-order valence-corrected chi connectivity index (χ2v) is 5.91. The highest BCUT2D eigenvalue weighted by Gasteiger charge is 2.06. The zero-order valence-corrected chi connectivity index (χ0v) is 12.7. The predicted octanol–water partition coefficient (Wildman–Crippen LogP) is 3.62. The summed E-state index contributed by atoms with van der Waals surface area (Å²) < 4.78 is 5.82. The minimum Gasteiger partial charge on any atom is -0.486 e. The number of aromatic nitrogens is 1. The van der Waals surface area contributed by atoms with E-state index in [9.17, 15) is 0 Å². The first kappa shape index (κ1) is 14.0. The first-order chi connectivity index (χ1) is 9.10. The van der Waals surface area contributed by atoms with E-state index in [0.29, 0.717) is 12.6 Å². The van der Waals surface area contributed by atoms with Crippen molar-refractivity contribution in [3.8, 4) is 5.75 Å². The van der Waals surface area contributed by atoms with Gasteiger partial charge in [0.15, 0.2) is 0 Å². The molecular formula is C15H20N2OS. The van der Waals surface area contributed by atoms with E-state index in [4.69, 9.17) is 4.74 Å². The van der Waals surface area contributed by atoms with Gasteiger partial charge in [-0.05, 0) is 45.5 Å². The van der Waals surface area contributed by atoms with Crippen LogP contribution in [-0.2, 0) is 6.61 Å². The second kappa shape index (κ2) is 6.17. The fraction of sp³-hybridized carbons (Fsp3) is 0.400. The topological polar surface area (TPSA) is 34.1 Å². The number of hydrogen-bond acceptors (Lipinski definition) is 4. The number of aryl methyl sites for hydroxylation is 2. The van der Waals surface area contributed by atoms with Crippen LogP contribution in [-0.4, -0.2) is 12.0 Å². The summed E-state index contributed by atoms with van der Waals surface area (Å²) in [7, 11) is 1.96. The standard InChI is InChI=1S/C15H20N2OS/c1-10-12(3)19-15(17-10)9-18-14-7-5-6-13(8-14)11(2)16-4/h5-8,11,16H,9H2,1-4H3. The fourth-order valence-electron chi connectivity index (χ4n) is 1.79. The van der Waals surface area contributed by atoms with Crippen molar-refractivity contribution < 1.29 is 4.74 Å². The third-order valence-electron chi connectivity index (χ3n) is 3.23. The maximum Gasteiger partial charge on any atom is 0.140 e. The van der Waals surface area contributed by atoms with E-state index in [1.807, 2.05) is 26.1 Å². The van der Waals surface area contributed by atoms with Crippen molar-refractivity contribution in [2.24, 2.45) is 0 Å². The maximum absolute atomic E-state index is 5.82. The molecule has 2 aromatic rings. The molecule has 4 heteroatoms. The van der Waals surface area contributed by atoms with E-state index >= 15 is 0 Å². The van der Waals surface area contributed by atoms with E-state index in [1.54, 1.807) is 11.3 Å². The molecule has 1 unspecified atom stereocenters. The Kier molecular flexibility index (Phi) is 4.56. The van der Waals surface area contributed by atoms with Crippen molar-refractivity contribution in [1.29, 1.82) is 0 Å². The summed E-state index contributed by atoms with van der Waals surface area (Å²) in [4.78, 5) is 5.74. The van der Waals surface area contributed by atoms with Gasteiger partial charge in [0.05, 0.1) is 5.69 Å². The number of nitrogens with zero attached hydrogens (tertiary/aromatic N) is 1. The predicted molar refractivity (Wildman–Crippen MR) is 79.8 cm³/mol. The molecule has 1 N–H and O–H groups in total. The minimum absolute atomic E-state index is 0.327. The first-order valence-electron chi connectivity index (χ1n) is 6.43. The Morgan fingerprint density at radius 3 is 2.79 bits per heavy atom. The lowest BCUT2D eigenvalue weighted by molar-refractivity contribution is 0.305. The van der Waals surface area contributed by atoms with E-state index < -0.39 is 0 Å². The molecule has 0 radical (unpaired) electrons. The molecule has 0 aliphatic heterocycles. The van der Waals surface area contributed by atoms with Crippen LogP contribution < -0.4 is 10.1 Å². The van der Waals surface area contributed by atoms with Crippen molar-refractivity contribution in [2.45, 2.75) is 33.4 Å². The van der Waals surface area contributed by atoms with Gasteiger partial charge >= 0.3 is 0 Å². The molecule has 1 heterocycles. The van der Waals surface area contributed by atoms with Gasteiger partial charge in [-0.1, -0.05) is 12.1 Å². The molecule has 3 nitrogen and oxygen atoms in total. The normalized spacial score (nSPS) is 12.4. The van der Waals surface area contributed by atoms with Crippen molar-refractivity contribution in [2.75, 3.05) is 7.05 Å². The lowest BCUT2D eigenvalue weighted by Crippen LogP contribution is -2.12. The van der Waals surface area contributed by atoms with Gasteiger partial charge in [0.1, 0.15) is 17.4 Å². The summed E-state index contributed by atoms with van der Waals surface area (Å²) in [6.45, 7) is 6.79. The van der Waals surface area contributed by atoms with Gasteiger partial charge < -0.3 is 10.1 Å². The van der Waals surface area contributed by atoms with Crippen LogP contribution in [0.2, 0.25) is 0 Å². The van der Waals surface area contributed by atoms with Crippen molar-refractivity contribution in [1.82, 2.24) is 10.3 Å². The summed E-state index contributed by atoms with van der Waals surface area (Å²) >= 11 is 1.70. The SMILES string of the molecule is CNC(C)c1cccc(OCc2nc(C)c(C)s2)c1. The van der Waals surface area contributed by atoms with Crippen LogP contribution in [0.1, 0.15) is 34.1 Å². The molecule has 1 aromatic carbocycles. The summed E-state index contributed by atoms with van der Waals surface area (Å²) in [5.41, 5.74) is 2.33. The Morgan fingerprint density at radius 1 is 1.37 bits per heavy atom. The van der Waals surface area contributed by atoms with E-state index in [-0.39, 0.29) is 0 Å². The lowest BCUT2D eigenvalue weighted by atomic mass is 10.1. The lowest BCUT2D eigenvalue weighted by Gasteiger charge is -2.12. The highest BCUT2D eigenvalue weighted by atomic mass is 32.1. The fourth-order valence-corrected chi connectivity index (χ4v) is 2.63. The molecule has 0 aliphatic rings. The Hall–Kier alpha value is -1.39. The highest BCUT2D eigenvalue weighted by molar-refractivity contribution is 7.11. The van der Waals surface area contributed by atoms with Crippen LogP contribution in [0.15, 0.2) is 24.3 Å². The zero-order valence-electron chi connectivity index (χ0n) is 11.9. The maximum atomic E-state index is 5.82. The van der Waals surface area contributed by atoms with E-state index in [0.717, 1.165) is 16.5 Å². The number of rotatable bonds is 5. The zero-order chi connectivity index (χ0) is 13.8. The van der Waals surface area contributed by atoms with Crippen LogP contribution in [0.4, 0.5) is 0 Å². The summed E-state index contributed by atoms with van der Waals surface area (Å²) in [5, 5.41) is 4.26. The third kappa shape index (κ3) is 3.55. The summed E-state index contributed by atoms with van der Waals surface area (Å²) in [6, 6.07) is 8.52. The first-order valence-corrected chi connectivity index (χ1v) is 7.24. The summed E-state index contributed by atoms with van der Waals surface area (Å²) in [5.74, 6) is 0.894. The Balaban J connectivity index is 2.03. The molecule has 2 rings (SSSR count). The molecular weight excluding hydrogens is 256 g/mol. The number of ether oxygens (including phenoxy) is 1. The molecule has 102 valence electrons. The van der Waals surface area contributed by atoms with Gasteiger partial charge in [-0.25, -0.2) is 4.98 Å². The largest absolute Gasteiger partial charge is 0.486 e. The molecule has 0 saturated heterocycles. The molecule has 1 aromatic heterocycles. The number of thiazole rings is 1. The average molecular weight is 276 g/mol. The second-order valence-electron chi connectivity index (χ2n) is 4.62. The molecule has 0 amide bonds. The van der Waals surface area contributed by atoms with Gasteiger partial charge in [-0.15, -0.1) is 11.3 Å². The van der Waals surface area contributed by atoms with Gasteiger partial charge in [0.2, 0.25) is 0 Å². The van der Waals surface area contributed by atoms with Crippen LogP contribution in [0.3, 0.4) is 0 Å².